The molecule has 0 saturated carbocycles. The molecule has 0 unspecified atom stereocenters. The molecule has 9 heavy (non-hydrogen) atoms. The van der Waals surface area contributed by atoms with E-state index >= 15 is 0 Å². The fraction of sp³-hybridized carbons (Fsp3) is 0.333. The second-order valence-corrected chi connectivity index (χ2v) is 3.99. The van der Waals surface area contributed by atoms with Crippen molar-refractivity contribution in [2.24, 2.45) is 0 Å². The maximum absolute atomic E-state index is 3.44. The van der Waals surface area contributed by atoms with E-state index in [-0.39, 0.29) is 0 Å². The Bertz CT molecular complexity index is 174. The van der Waals surface area contributed by atoms with Crippen molar-refractivity contribution in [1.29, 1.82) is 0 Å². The molecule has 0 bridgehead atoms. The first-order chi connectivity index (χ1) is 4.20. The third-order valence-corrected chi connectivity index (χ3v) is 3.47. The highest BCUT2D eigenvalue weighted by atomic mass is 127. The van der Waals surface area contributed by atoms with Crippen LogP contribution in [0.5, 0.6) is 0 Å². The maximum Gasteiger partial charge on any atom is 0.0428 e. The summed E-state index contributed by atoms with van der Waals surface area (Å²) < 4.78 is 2.47. The van der Waals surface area contributed by atoms with E-state index in [4.69, 9.17) is 0 Å². The Morgan fingerprint density at radius 3 is 2.89 bits per heavy atom. The Morgan fingerprint density at radius 2 is 2.44 bits per heavy atom. The lowest BCUT2D eigenvalue weighted by Crippen LogP contribution is -2.13. The van der Waals surface area contributed by atoms with Crippen molar-refractivity contribution in [3.8, 4) is 0 Å². The average molecular weight is 300 g/mol. The fourth-order valence-electron chi connectivity index (χ4n) is 0.630. The third-order valence-electron chi connectivity index (χ3n) is 1.12. The van der Waals surface area contributed by atoms with E-state index < -0.39 is 0 Å². The van der Waals surface area contributed by atoms with Gasteiger partial charge < -0.3 is 4.90 Å². The minimum absolute atomic E-state index is 1.01. The Labute approximate surface area is 77.1 Å². The molecule has 0 aromatic rings. The zero-order valence-corrected chi connectivity index (χ0v) is 8.81. The number of hydrogen-bond acceptors (Lipinski definition) is 1. The molecule has 1 nitrogen and oxygen atoms in total. The van der Waals surface area contributed by atoms with Gasteiger partial charge in [-0.2, -0.15) is 0 Å². The molecule has 0 N–H and O–H groups in total. The largest absolute Gasteiger partial charge is 0.376 e. The predicted octanol–water partition coefficient (Wildman–Crippen LogP) is 2.49. The molecule has 50 valence electrons. The SMILES string of the molecule is CN1C=C(I)C(Br)=CC1. The average Bonchev–Trinajstić information content (AvgIpc) is 1.80. The summed E-state index contributed by atoms with van der Waals surface area (Å²) in [5, 5.41) is 0. The quantitative estimate of drug-likeness (QED) is 0.621. The van der Waals surface area contributed by atoms with Gasteiger partial charge in [0.1, 0.15) is 0 Å². The monoisotopic (exact) mass is 299 g/mol. The van der Waals surface area contributed by atoms with E-state index in [0.717, 1.165) is 6.54 Å². The zero-order valence-electron chi connectivity index (χ0n) is 5.06. The molecule has 0 aliphatic carbocycles. The van der Waals surface area contributed by atoms with Gasteiger partial charge in [-0.1, -0.05) is 0 Å². The van der Waals surface area contributed by atoms with E-state index in [9.17, 15) is 0 Å². The highest BCUT2D eigenvalue weighted by molar-refractivity contribution is 14.1. The first-order valence-electron chi connectivity index (χ1n) is 2.64. The van der Waals surface area contributed by atoms with E-state index in [1.165, 1.54) is 8.06 Å². The van der Waals surface area contributed by atoms with E-state index in [0.29, 0.717) is 0 Å². The summed E-state index contributed by atoms with van der Waals surface area (Å²) in [5.74, 6) is 0. The molecule has 0 aromatic carbocycles. The van der Waals surface area contributed by atoms with Crippen molar-refractivity contribution in [2.75, 3.05) is 13.6 Å². The second-order valence-electron chi connectivity index (χ2n) is 1.97. The van der Waals surface area contributed by atoms with Crippen LogP contribution in [-0.4, -0.2) is 18.5 Å². The predicted molar refractivity (Wildman–Crippen MR) is 51.7 cm³/mol. The molecule has 1 heterocycles. The van der Waals surface area contributed by atoms with Crippen LogP contribution in [0.15, 0.2) is 20.3 Å². The maximum atomic E-state index is 3.44. The van der Waals surface area contributed by atoms with Gasteiger partial charge in [0.25, 0.3) is 0 Å². The molecule has 1 aliphatic rings. The standard InChI is InChI=1S/C6H7BrIN/c1-9-3-2-5(7)6(8)4-9/h2,4H,3H2,1H3. The summed E-state index contributed by atoms with van der Waals surface area (Å²) in [5.41, 5.74) is 0. The number of likely N-dealkylation sites (N-methyl/N-ethyl adjacent to an activating group) is 1. The highest BCUT2D eigenvalue weighted by Gasteiger charge is 2.03. The van der Waals surface area contributed by atoms with Crippen LogP contribution >= 0.6 is 38.5 Å². The number of rotatable bonds is 0. The van der Waals surface area contributed by atoms with Crippen molar-refractivity contribution in [3.63, 3.8) is 0 Å². The molecule has 1 aliphatic heterocycles. The molecule has 0 saturated heterocycles. The second kappa shape index (κ2) is 3.05. The van der Waals surface area contributed by atoms with Gasteiger partial charge in [0.05, 0.1) is 0 Å². The van der Waals surface area contributed by atoms with Gasteiger partial charge in [-0.25, -0.2) is 0 Å². The van der Waals surface area contributed by atoms with E-state index in [1.54, 1.807) is 0 Å². The van der Waals surface area contributed by atoms with Crippen molar-refractivity contribution < 1.29 is 0 Å². The molecule has 0 fully saturated rings. The summed E-state index contributed by atoms with van der Waals surface area (Å²) >= 11 is 5.74. The number of allylic oxidation sites excluding steroid dienone is 2. The molecule has 0 atom stereocenters. The number of halogens is 2. The van der Waals surface area contributed by atoms with Gasteiger partial charge in [0.2, 0.25) is 0 Å². The number of nitrogens with zero attached hydrogens (tertiary/aromatic N) is 1. The van der Waals surface area contributed by atoms with Gasteiger partial charge in [-0.3, -0.25) is 0 Å². The summed E-state index contributed by atoms with van der Waals surface area (Å²) in [6, 6.07) is 0. The highest BCUT2D eigenvalue weighted by Crippen LogP contribution is 2.26. The van der Waals surface area contributed by atoms with Gasteiger partial charge in [-0.15, -0.1) is 0 Å². The van der Waals surface area contributed by atoms with E-state index in [2.05, 4.69) is 62.7 Å². The molecule has 3 heteroatoms. The molecule has 1 rings (SSSR count). The first kappa shape index (κ1) is 7.60. The van der Waals surface area contributed by atoms with Crippen LogP contribution in [0.2, 0.25) is 0 Å². The van der Waals surface area contributed by atoms with Crippen LogP contribution in [0.1, 0.15) is 0 Å². The zero-order chi connectivity index (χ0) is 6.85. The molecular weight excluding hydrogens is 293 g/mol. The smallest absolute Gasteiger partial charge is 0.0428 e. The van der Waals surface area contributed by atoms with Crippen molar-refractivity contribution >= 4 is 38.5 Å². The van der Waals surface area contributed by atoms with Crippen LogP contribution in [0.25, 0.3) is 0 Å². The number of hydrogen-bond donors (Lipinski definition) is 0. The van der Waals surface area contributed by atoms with Crippen LogP contribution in [0.3, 0.4) is 0 Å². The van der Waals surface area contributed by atoms with Gasteiger partial charge in [0, 0.05) is 27.9 Å². The van der Waals surface area contributed by atoms with E-state index in [1.807, 2.05) is 0 Å². The van der Waals surface area contributed by atoms with Crippen LogP contribution in [0.4, 0.5) is 0 Å². The lowest BCUT2D eigenvalue weighted by atomic mass is 10.4. The summed E-state index contributed by atoms with van der Waals surface area (Å²) in [6.07, 6.45) is 4.27. The van der Waals surface area contributed by atoms with Gasteiger partial charge in [0.15, 0.2) is 0 Å². The molecule has 0 amide bonds. The topological polar surface area (TPSA) is 3.24 Å². The lowest BCUT2D eigenvalue weighted by Gasteiger charge is -2.16. The Balaban J connectivity index is 2.75. The van der Waals surface area contributed by atoms with Gasteiger partial charge >= 0.3 is 0 Å². The third kappa shape index (κ3) is 1.97. The van der Waals surface area contributed by atoms with Crippen molar-refractivity contribution in [3.05, 3.63) is 20.3 Å². The summed E-state index contributed by atoms with van der Waals surface area (Å²) in [7, 11) is 2.06. The Morgan fingerprint density at radius 1 is 1.78 bits per heavy atom. The minimum Gasteiger partial charge on any atom is -0.376 e. The minimum atomic E-state index is 1.01. The van der Waals surface area contributed by atoms with Crippen LogP contribution in [-0.2, 0) is 0 Å². The summed E-state index contributed by atoms with van der Waals surface area (Å²) in [6.45, 7) is 1.01. The van der Waals surface area contributed by atoms with Crippen molar-refractivity contribution in [1.82, 2.24) is 4.90 Å². The Hall–Kier alpha value is 0.490. The normalized spacial score (nSPS) is 19.2. The molecular formula is C6H7BrIN. The lowest BCUT2D eigenvalue weighted by molar-refractivity contribution is 0.504. The van der Waals surface area contributed by atoms with Crippen LogP contribution < -0.4 is 0 Å². The van der Waals surface area contributed by atoms with Crippen LogP contribution in [0, 0.1) is 0 Å². The molecule has 0 radical (unpaired) electrons. The first-order valence-corrected chi connectivity index (χ1v) is 4.51. The Kier molecular flexibility index (Phi) is 2.58. The van der Waals surface area contributed by atoms with Gasteiger partial charge in [-0.05, 0) is 44.6 Å². The molecule has 0 aromatic heterocycles. The summed E-state index contributed by atoms with van der Waals surface area (Å²) in [4.78, 5) is 2.15. The van der Waals surface area contributed by atoms with Crippen molar-refractivity contribution in [2.45, 2.75) is 0 Å². The fourth-order valence-corrected chi connectivity index (χ4v) is 1.57. The molecule has 0 spiro atoms.